The zero-order valence-corrected chi connectivity index (χ0v) is 11.1. The Bertz CT molecular complexity index is 254. The van der Waals surface area contributed by atoms with Gasteiger partial charge in [-0.25, -0.2) is 0 Å². The first-order valence-corrected chi connectivity index (χ1v) is 6.08. The van der Waals surface area contributed by atoms with E-state index in [0.29, 0.717) is 18.9 Å². The quantitative estimate of drug-likeness (QED) is 0.595. The highest BCUT2D eigenvalue weighted by atomic mass is 16.4. The van der Waals surface area contributed by atoms with Crippen molar-refractivity contribution in [2.45, 2.75) is 52.6 Å². The molecule has 0 rings (SSSR count). The number of hydrogen-bond acceptors (Lipinski definition) is 3. The van der Waals surface area contributed by atoms with Crippen molar-refractivity contribution in [3.05, 3.63) is 0 Å². The number of carboxylic acid groups (broad SMARTS) is 1. The first kappa shape index (κ1) is 15.9. The smallest absolute Gasteiger partial charge is 0.303 e. The van der Waals surface area contributed by atoms with E-state index in [0.717, 1.165) is 0 Å². The summed E-state index contributed by atoms with van der Waals surface area (Å²) in [5.41, 5.74) is 0. The number of carboxylic acids is 1. The first-order valence-electron chi connectivity index (χ1n) is 6.08. The van der Waals surface area contributed by atoms with Crippen LogP contribution >= 0.6 is 0 Å². The average molecular weight is 244 g/mol. The molecule has 2 atom stereocenters. The van der Waals surface area contributed by atoms with Crippen LogP contribution in [0.5, 0.6) is 0 Å². The summed E-state index contributed by atoms with van der Waals surface area (Å²) in [6.07, 6.45) is 0.644. The number of aliphatic carboxylic acids is 1. The van der Waals surface area contributed by atoms with Gasteiger partial charge in [0.25, 0.3) is 0 Å². The molecule has 0 saturated heterocycles. The van der Waals surface area contributed by atoms with Crippen LogP contribution in [0, 0.1) is 5.92 Å². The van der Waals surface area contributed by atoms with Crippen LogP contribution in [0.1, 0.15) is 40.5 Å². The van der Waals surface area contributed by atoms with E-state index in [4.69, 9.17) is 5.11 Å². The Morgan fingerprint density at radius 2 is 1.76 bits per heavy atom. The zero-order chi connectivity index (χ0) is 13.4. The van der Waals surface area contributed by atoms with Gasteiger partial charge < -0.3 is 15.7 Å². The highest BCUT2D eigenvalue weighted by molar-refractivity contribution is 5.81. The fourth-order valence-corrected chi connectivity index (χ4v) is 1.38. The fourth-order valence-electron chi connectivity index (χ4n) is 1.38. The number of carbonyl (C=O) groups excluding carboxylic acids is 1. The lowest BCUT2D eigenvalue weighted by Gasteiger charge is -2.19. The molecular formula is C12H24N2O3. The Hall–Kier alpha value is -1.10. The zero-order valence-electron chi connectivity index (χ0n) is 11.1. The number of hydrogen-bond donors (Lipinski definition) is 3. The monoisotopic (exact) mass is 244 g/mol. The molecule has 17 heavy (non-hydrogen) atoms. The number of carbonyl (C=O) groups is 2. The third-order valence-electron chi connectivity index (χ3n) is 2.40. The van der Waals surface area contributed by atoms with Crippen molar-refractivity contribution in [2.75, 3.05) is 6.54 Å². The number of nitrogens with one attached hydrogen (secondary N) is 2. The summed E-state index contributed by atoms with van der Waals surface area (Å²) in [6.45, 7) is 8.40. The lowest BCUT2D eigenvalue weighted by molar-refractivity contribution is -0.137. The lowest BCUT2D eigenvalue weighted by Crippen LogP contribution is -2.46. The van der Waals surface area contributed by atoms with Gasteiger partial charge in [-0.1, -0.05) is 13.8 Å². The van der Waals surface area contributed by atoms with Gasteiger partial charge in [-0.2, -0.15) is 0 Å². The standard InChI is InChI=1S/C12H24N2O3/c1-8(2)7-13-12(17)10(4)14-9(3)5-6-11(15)16/h8-10,14H,5-7H2,1-4H3,(H,13,17)(H,15,16). The minimum Gasteiger partial charge on any atom is -0.481 e. The Kier molecular flexibility index (Phi) is 7.54. The summed E-state index contributed by atoms with van der Waals surface area (Å²) in [7, 11) is 0. The van der Waals surface area contributed by atoms with Gasteiger partial charge in [0.15, 0.2) is 0 Å². The Morgan fingerprint density at radius 3 is 2.24 bits per heavy atom. The maximum absolute atomic E-state index is 11.6. The minimum atomic E-state index is -0.810. The second-order valence-electron chi connectivity index (χ2n) is 4.86. The van der Waals surface area contributed by atoms with Crippen molar-refractivity contribution in [1.82, 2.24) is 10.6 Å². The number of rotatable bonds is 8. The molecule has 0 spiro atoms. The molecule has 0 saturated carbocycles. The van der Waals surface area contributed by atoms with Gasteiger partial charge in [-0.05, 0) is 26.2 Å². The van der Waals surface area contributed by atoms with E-state index in [2.05, 4.69) is 10.6 Å². The van der Waals surface area contributed by atoms with Crippen molar-refractivity contribution in [1.29, 1.82) is 0 Å². The second-order valence-corrected chi connectivity index (χ2v) is 4.86. The highest BCUT2D eigenvalue weighted by Crippen LogP contribution is 1.98. The fraction of sp³-hybridized carbons (Fsp3) is 0.833. The summed E-state index contributed by atoms with van der Waals surface area (Å²) >= 11 is 0. The van der Waals surface area contributed by atoms with Crippen molar-refractivity contribution < 1.29 is 14.7 Å². The van der Waals surface area contributed by atoms with E-state index < -0.39 is 5.97 Å². The molecule has 0 radical (unpaired) electrons. The summed E-state index contributed by atoms with van der Waals surface area (Å²) in [5.74, 6) is -0.424. The lowest BCUT2D eigenvalue weighted by atomic mass is 10.1. The van der Waals surface area contributed by atoms with E-state index >= 15 is 0 Å². The van der Waals surface area contributed by atoms with Crippen LogP contribution in [0.25, 0.3) is 0 Å². The Morgan fingerprint density at radius 1 is 1.18 bits per heavy atom. The molecule has 0 aliphatic carbocycles. The van der Waals surface area contributed by atoms with Crippen molar-refractivity contribution in [2.24, 2.45) is 5.92 Å². The molecule has 2 unspecified atom stereocenters. The second kappa shape index (κ2) is 8.06. The molecule has 5 heteroatoms. The van der Waals surface area contributed by atoms with E-state index in [1.807, 2.05) is 20.8 Å². The van der Waals surface area contributed by atoms with Gasteiger partial charge in [0.2, 0.25) is 5.91 Å². The van der Waals surface area contributed by atoms with E-state index in [1.54, 1.807) is 6.92 Å². The highest BCUT2D eigenvalue weighted by Gasteiger charge is 2.15. The molecule has 0 aromatic heterocycles. The molecule has 0 bridgehead atoms. The minimum absolute atomic E-state index is 0.0194. The van der Waals surface area contributed by atoms with Gasteiger partial charge in [-0.15, -0.1) is 0 Å². The van der Waals surface area contributed by atoms with Gasteiger partial charge in [0, 0.05) is 19.0 Å². The Labute approximate surface area is 103 Å². The maximum atomic E-state index is 11.6. The van der Waals surface area contributed by atoms with Crippen LogP contribution in [0.15, 0.2) is 0 Å². The molecule has 0 fully saturated rings. The third-order valence-corrected chi connectivity index (χ3v) is 2.40. The van der Waals surface area contributed by atoms with E-state index in [9.17, 15) is 9.59 Å². The van der Waals surface area contributed by atoms with Crippen LogP contribution in [-0.2, 0) is 9.59 Å². The molecule has 0 aromatic rings. The van der Waals surface area contributed by atoms with Crippen molar-refractivity contribution in [3.63, 3.8) is 0 Å². The summed E-state index contributed by atoms with van der Waals surface area (Å²) in [6, 6.07) is -0.275. The molecule has 3 N–H and O–H groups in total. The number of amides is 1. The predicted octanol–water partition coefficient (Wildman–Crippen LogP) is 0.990. The van der Waals surface area contributed by atoms with Crippen LogP contribution in [0.4, 0.5) is 0 Å². The van der Waals surface area contributed by atoms with E-state index in [-0.39, 0.29) is 24.4 Å². The maximum Gasteiger partial charge on any atom is 0.303 e. The molecule has 1 amide bonds. The predicted molar refractivity (Wildman–Crippen MR) is 66.8 cm³/mol. The van der Waals surface area contributed by atoms with Gasteiger partial charge in [-0.3, -0.25) is 9.59 Å². The molecule has 0 heterocycles. The van der Waals surface area contributed by atoms with Crippen LogP contribution in [0.3, 0.4) is 0 Å². The molecule has 0 aliphatic rings. The first-order chi connectivity index (χ1) is 7.82. The average Bonchev–Trinajstić information content (AvgIpc) is 2.22. The Balaban J connectivity index is 3.85. The van der Waals surface area contributed by atoms with Gasteiger partial charge in [0.05, 0.1) is 6.04 Å². The summed E-state index contributed by atoms with van der Waals surface area (Å²) < 4.78 is 0. The molecule has 0 aliphatic heterocycles. The third kappa shape index (κ3) is 8.68. The van der Waals surface area contributed by atoms with Gasteiger partial charge >= 0.3 is 5.97 Å². The van der Waals surface area contributed by atoms with E-state index in [1.165, 1.54) is 0 Å². The van der Waals surface area contributed by atoms with Crippen LogP contribution in [0.2, 0.25) is 0 Å². The largest absolute Gasteiger partial charge is 0.481 e. The molecule has 100 valence electrons. The van der Waals surface area contributed by atoms with Crippen LogP contribution in [-0.4, -0.2) is 35.6 Å². The summed E-state index contributed by atoms with van der Waals surface area (Å²) in [4.78, 5) is 22.0. The van der Waals surface area contributed by atoms with Crippen molar-refractivity contribution >= 4 is 11.9 Å². The van der Waals surface area contributed by atoms with Gasteiger partial charge in [0.1, 0.15) is 0 Å². The SMILES string of the molecule is CC(C)CNC(=O)C(C)NC(C)CCC(=O)O. The summed E-state index contributed by atoms with van der Waals surface area (Å²) in [5, 5.41) is 14.5. The normalized spacial score (nSPS) is 14.4. The van der Waals surface area contributed by atoms with Crippen molar-refractivity contribution in [3.8, 4) is 0 Å². The van der Waals surface area contributed by atoms with Crippen LogP contribution < -0.4 is 10.6 Å². The molecule has 0 aromatic carbocycles. The molecule has 5 nitrogen and oxygen atoms in total. The molecular weight excluding hydrogens is 220 g/mol. The topological polar surface area (TPSA) is 78.4 Å².